The van der Waals surface area contributed by atoms with Crippen molar-refractivity contribution in [2.45, 2.75) is 12.7 Å². The number of halogens is 3. The van der Waals surface area contributed by atoms with Gasteiger partial charge in [-0.15, -0.1) is 0 Å². The summed E-state index contributed by atoms with van der Waals surface area (Å²) in [6.07, 6.45) is -1.23. The third kappa shape index (κ3) is 4.43. The lowest BCUT2D eigenvalue weighted by molar-refractivity contribution is -0.136. The Morgan fingerprint density at radius 1 is 1.15 bits per heavy atom. The molecule has 6 nitrogen and oxygen atoms in total. The molecule has 27 heavy (non-hydrogen) atoms. The number of pyridine rings is 1. The van der Waals surface area contributed by atoms with Crippen LogP contribution in [0.25, 0.3) is 11.3 Å². The number of urea groups is 1. The molecule has 0 radical (unpaired) electrons. The largest absolute Gasteiger partial charge is 0.418 e. The van der Waals surface area contributed by atoms with Crippen molar-refractivity contribution in [1.82, 2.24) is 20.1 Å². The first kappa shape index (κ1) is 18.4. The molecule has 0 fully saturated rings. The van der Waals surface area contributed by atoms with Crippen LogP contribution in [0.1, 0.15) is 11.3 Å². The van der Waals surface area contributed by atoms with Crippen molar-refractivity contribution in [1.29, 1.82) is 0 Å². The van der Waals surface area contributed by atoms with Crippen LogP contribution in [0.4, 0.5) is 23.7 Å². The van der Waals surface area contributed by atoms with Gasteiger partial charge in [0.1, 0.15) is 0 Å². The van der Waals surface area contributed by atoms with E-state index in [4.69, 9.17) is 0 Å². The van der Waals surface area contributed by atoms with Crippen molar-refractivity contribution in [2.75, 3.05) is 5.32 Å². The Labute approximate surface area is 153 Å². The van der Waals surface area contributed by atoms with Crippen molar-refractivity contribution in [3.8, 4) is 11.3 Å². The molecule has 0 atom stereocenters. The maximum Gasteiger partial charge on any atom is 0.418 e. The van der Waals surface area contributed by atoms with Gasteiger partial charge in [0.2, 0.25) is 0 Å². The van der Waals surface area contributed by atoms with Crippen LogP contribution >= 0.6 is 0 Å². The van der Waals surface area contributed by atoms with E-state index in [0.29, 0.717) is 5.69 Å². The van der Waals surface area contributed by atoms with Gasteiger partial charge >= 0.3 is 12.2 Å². The fourth-order valence-electron chi connectivity index (χ4n) is 2.58. The van der Waals surface area contributed by atoms with Crippen LogP contribution in [0.3, 0.4) is 0 Å². The Kier molecular flexibility index (Phi) is 5.11. The van der Waals surface area contributed by atoms with E-state index in [1.54, 1.807) is 30.2 Å². The molecule has 0 aliphatic heterocycles. The second kappa shape index (κ2) is 7.48. The average molecular weight is 375 g/mol. The highest BCUT2D eigenvalue weighted by Crippen LogP contribution is 2.34. The molecule has 0 saturated heterocycles. The van der Waals surface area contributed by atoms with Gasteiger partial charge in [-0.3, -0.25) is 9.67 Å². The smallest absolute Gasteiger partial charge is 0.332 e. The molecule has 3 aromatic rings. The molecule has 0 spiro atoms. The zero-order valence-corrected chi connectivity index (χ0v) is 14.3. The predicted molar refractivity (Wildman–Crippen MR) is 93.7 cm³/mol. The van der Waals surface area contributed by atoms with Crippen molar-refractivity contribution >= 4 is 11.7 Å². The first-order valence-corrected chi connectivity index (χ1v) is 7.99. The van der Waals surface area contributed by atoms with E-state index in [0.717, 1.165) is 17.3 Å². The normalized spacial score (nSPS) is 11.3. The monoisotopic (exact) mass is 375 g/mol. The third-order valence-electron chi connectivity index (χ3n) is 3.82. The van der Waals surface area contributed by atoms with E-state index in [2.05, 4.69) is 20.7 Å². The van der Waals surface area contributed by atoms with E-state index >= 15 is 0 Å². The summed E-state index contributed by atoms with van der Waals surface area (Å²) in [6.45, 7) is 0.0684. The number of carbonyl (C=O) groups excluding carboxylic acids is 1. The highest BCUT2D eigenvalue weighted by Gasteiger charge is 2.33. The molecule has 9 heteroatoms. The van der Waals surface area contributed by atoms with Gasteiger partial charge in [-0.2, -0.15) is 18.3 Å². The standard InChI is InChI=1S/C18H16F3N5O/c1-26-16(12-6-8-22-9-7-12)10-13(25-26)11-23-17(27)24-15-5-3-2-4-14(15)18(19,20)21/h2-10H,11H2,1H3,(H2,23,24,27). The summed E-state index contributed by atoms with van der Waals surface area (Å²) in [5.74, 6) is 0. The number of aryl methyl sites for hydroxylation is 1. The molecular weight excluding hydrogens is 359 g/mol. The Hall–Kier alpha value is -3.36. The third-order valence-corrected chi connectivity index (χ3v) is 3.82. The fraction of sp³-hybridized carbons (Fsp3) is 0.167. The van der Waals surface area contributed by atoms with Crippen molar-refractivity contribution in [3.05, 3.63) is 66.1 Å². The Morgan fingerprint density at radius 2 is 1.85 bits per heavy atom. The van der Waals surface area contributed by atoms with E-state index in [1.165, 1.54) is 18.2 Å². The predicted octanol–water partition coefficient (Wildman–Crippen LogP) is 3.82. The molecule has 2 heterocycles. The van der Waals surface area contributed by atoms with Crippen LogP contribution in [0.15, 0.2) is 54.9 Å². The van der Waals surface area contributed by atoms with E-state index in [-0.39, 0.29) is 12.2 Å². The molecule has 0 unspecified atom stereocenters. The maximum absolute atomic E-state index is 13.0. The number of amides is 2. The quantitative estimate of drug-likeness (QED) is 0.728. The first-order valence-electron chi connectivity index (χ1n) is 7.99. The van der Waals surface area contributed by atoms with E-state index < -0.39 is 17.8 Å². The van der Waals surface area contributed by atoms with Gasteiger partial charge in [-0.1, -0.05) is 12.1 Å². The number of alkyl halides is 3. The summed E-state index contributed by atoms with van der Waals surface area (Å²) in [6, 6.07) is 9.50. The summed E-state index contributed by atoms with van der Waals surface area (Å²) in [7, 11) is 1.76. The number of nitrogens with zero attached hydrogens (tertiary/aromatic N) is 3. The van der Waals surface area contributed by atoms with E-state index in [9.17, 15) is 18.0 Å². The Balaban J connectivity index is 1.66. The molecule has 0 aliphatic rings. The van der Waals surface area contributed by atoms with Gasteiger partial charge in [-0.05, 0) is 30.3 Å². The molecule has 0 saturated carbocycles. The molecule has 140 valence electrons. The molecule has 0 bridgehead atoms. The lowest BCUT2D eigenvalue weighted by Crippen LogP contribution is -2.29. The Morgan fingerprint density at radius 3 is 2.56 bits per heavy atom. The van der Waals surface area contributed by atoms with Gasteiger partial charge in [-0.25, -0.2) is 4.79 Å². The minimum atomic E-state index is -4.55. The molecule has 2 N–H and O–H groups in total. The van der Waals surface area contributed by atoms with E-state index in [1.807, 2.05) is 12.1 Å². The zero-order chi connectivity index (χ0) is 19.4. The van der Waals surface area contributed by atoms with Gasteiger partial charge in [0.25, 0.3) is 0 Å². The maximum atomic E-state index is 13.0. The topological polar surface area (TPSA) is 71.8 Å². The van der Waals surface area contributed by atoms with Gasteiger partial charge in [0.15, 0.2) is 0 Å². The second-order valence-electron chi connectivity index (χ2n) is 5.73. The summed E-state index contributed by atoms with van der Waals surface area (Å²) < 4.78 is 40.6. The molecule has 0 aliphatic carbocycles. The Bertz CT molecular complexity index is 938. The van der Waals surface area contributed by atoms with Crippen LogP contribution in [-0.2, 0) is 19.8 Å². The number of benzene rings is 1. The van der Waals surface area contributed by atoms with Gasteiger partial charge in [0, 0.05) is 25.0 Å². The van der Waals surface area contributed by atoms with Gasteiger partial charge in [0.05, 0.1) is 29.2 Å². The number of rotatable bonds is 4. The number of nitrogens with one attached hydrogen (secondary N) is 2. The number of para-hydroxylation sites is 1. The van der Waals surface area contributed by atoms with Crippen molar-refractivity contribution in [2.24, 2.45) is 7.05 Å². The average Bonchev–Trinajstić information content (AvgIpc) is 3.01. The SMILES string of the molecule is Cn1nc(CNC(=O)Nc2ccccc2C(F)(F)F)cc1-c1ccncc1. The summed E-state index contributed by atoms with van der Waals surface area (Å²) in [4.78, 5) is 16.0. The number of hydrogen-bond donors (Lipinski definition) is 2. The number of hydrogen-bond acceptors (Lipinski definition) is 3. The fourth-order valence-corrected chi connectivity index (χ4v) is 2.58. The molecule has 2 aromatic heterocycles. The highest BCUT2D eigenvalue weighted by molar-refractivity contribution is 5.90. The molecular formula is C18H16F3N5O. The molecule has 3 rings (SSSR count). The zero-order valence-electron chi connectivity index (χ0n) is 14.3. The number of anilines is 1. The van der Waals surface area contributed by atoms with Gasteiger partial charge < -0.3 is 10.6 Å². The van der Waals surface area contributed by atoms with Crippen molar-refractivity contribution in [3.63, 3.8) is 0 Å². The van der Waals surface area contributed by atoms with Crippen LogP contribution in [0, 0.1) is 0 Å². The first-order chi connectivity index (χ1) is 12.8. The summed E-state index contributed by atoms with van der Waals surface area (Å²) >= 11 is 0. The molecule has 2 amide bonds. The molecule has 1 aromatic carbocycles. The van der Waals surface area contributed by atoms with Crippen LogP contribution in [0.5, 0.6) is 0 Å². The minimum absolute atomic E-state index is 0.0684. The van der Waals surface area contributed by atoms with Crippen LogP contribution in [0.2, 0.25) is 0 Å². The lowest BCUT2D eigenvalue weighted by Gasteiger charge is -2.13. The highest BCUT2D eigenvalue weighted by atomic mass is 19.4. The van der Waals surface area contributed by atoms with Crippen molar-refractivity contribution < 1.29 is 18.0 Å². The number of aromatic nitrogens is 3. The summed E-state index contributed by atoms with van der Waals surface area (Å²) in [5, 5.41) is 9.04. The number of carbonyl (C=O) groups is 1. The van der Waals surface area contributed by atoms with Crippen LogP contribution < -0.4 is 10.6 Å². The second-order valence-corrected chi connectivity index (χ2v) is 5.73. The summed E-state index contributed by atoms with van der Waals surface area (Å²) in [5.41, 5.74) is 1.11. The minimum Gasteiger partial charge on any atom is -0.332 e. The lowest BCUT2D eigenvalue weighted by atomic mass is 10.1. The van der Waals surface area contributed by atoms with Crippen LogP contribution in [-0.4, -0.2) is 20.8 Å².